The van der Waals surface area contributed by atoms with Gasteiger partial charge in [0.2, 0.25) is 5.91 Å². The average Bonchev–Trinajstić information content (AvgIpc) is 3.18. The summed E-state index contributed by atoms with van der Waals surface area (Å²) in [5, 5.41) is 0. The number of ether oxygens (including phenoxy) is 1. The maximum atomic E-state index is 13.2. The van der Waals surface area contributed by atoms with Crippen LogP contribution in [0.15, 0.2) is 54.6 Å². The van der Waals surface area contributed by atoms with E-state index in [2.05, 4.69) is 6.92 Å². The summed E-state index contributed by atoms with van der Waals surface area (Å²) in [6.45, 7) is 5.06. The van der Waals surface area contributed by atoms with E-state index in [1.54, 1.807) is 12.1 Å². The lowest BCUT2D eigenvalue weighted by Crippen LogP contribution is -2.53. The summed E-state index contributed by atoms with van der Waals surface area (Å²) in [4.78, 5) is 43.7. The molecule has 0 saturated carbocycles. The molecule has 4 rings (SSSR count). The molecule has 180 valence electrons. The zero-order valence-corrected chi connectivity index (χ0v) is 19.8. The lowest BCUT2D eigenvalue weighted by atomic mass is 10.1. The van der Waals surface area contributed by atoms with Crippen LogP contribution in [-0.4, -0.2) is 66.3 Å². The first-order chi connectivity index (χ1) is 16.6. The van der Waals surface area contributed by atoms with Crippen LogP contribution in [0.2, 0.25) is 0 Å². The lowest BCUT2D eigenvalue weighted by molar-refractivity contribution is -0.123. The van der Waals surface area contributed by atoms with Gasteiger partial charge in [0.1, 0.15) is 5.75 Å². The van der Waals surface area contributed by atoms with Crippen LogP contribution in [0.25, 0.3) is 0 Å². The topological polar surface area (TPSA) is 70.2 Å². The number of amides is 3. The van der Waals surface area contributed by atoms with Crippen molar-refractivity contribution < 1.29 is 19.1 Å². The maximum Gasteiger partial charge on any atom is 0.253 e. The molecule has 1 atom stereocenters. The third kappa shape index (κ3) is 5.47. The van der Waals surface area contributed by atoms with Crippen molar-refractivity contribution in [3.8, 4) is 5.75 Å². The van der Waals surface area contributed by atoms with Crippen molar-refractivity contribution in [3.05, 3.63) is 60.2 Å². The van der Waals surface area contributed by atoms with Gasteiger partial charge in [-0.25, -0.2) is 4.90 Å². The van der Waals surface area contributed by atoms with Crippen molar-refractivity contribution >= 4 is 23.4 Å². The van der Waals surface area contributed by atoms with Gasteiger partial charge in [-0.15, -0.1) is 0 Å². The summed E-state index contributed by atoms with van der Waals surface area (Å²) in [7, 11) is 0. The number of hydrogen-bond donors (Lipinski definition) is 0. The molecule has 0 aromatic heterocycles. The minimum Gasteiger partial charge on any atom is -0.494 e. The molecule has 34 heavy (non-hydrogen) atoms. The molecule has 0 spiro atoms. The number of carbonyl (C=O) groups excluding carboxylic acids is 3. The Morgan fingerprint density at radius 2 is 1.62 bits per heavy atom. The van der Waals surface area contributed by atoms with Gasteiger partial charge in [-0.1, -0.05) is 44.4 Å². The minimum atomic E-state index is -0.476. The highest BCUT2D eigenvalue weighted by Gasteiger charge is 2.43. The summed E-state index contributed by atoms with van der Waals surface area (Å²) >= 11 is 0. The third-order valence-electron chi connectivity index (χ3n) is 6.55. The van der Waals surface area contributed by atoms with Gasteiger partial charge in [-0.2, -0.15) is 0 Å². The van der Waals surface area contributed by atoms with Crippen molar-refractivity contribution in [1.82, 2.24) is 9.80 Å². The van der Waals surface area contributed by atoms with Crippen LogP contribution < -0.4 is 9.64 Å². The molecule has 2 aliphatic rings. The number of benzene rings is 2. The van der Waals surface area contributed by atoms with E-state index in [0.29, 0.717) is 44.0 Å². The smallest absolute Gasteiger partial charge is 0.253 e. The number of nitrogens with zero attached hydrogens (tertiary/aromatic N) is 3. The molecule has 2 aromatic rings. The Balaban J connectivity index is 1.31. The summed E-state index contributed by atoms with van der Waals surface area (Å²) in [6, 6.07) is 15.9. The standard InChI is InChI=1S/C27H33N3O4/c1-2-3-4-8-19-34-23-13-11-22(12-14-23)30-25(31)20-24(27(30)33)28-15-17-29(18-16-28)26(32)21-9-6-5-7-10-21/h5-7,9-14,24H,2-4,8,15-20H2,1H3/t24-/m1/s1. The molecule has 0 N–H and O–H groups in total. The molecule has 2 aliphatic heterocycles. The van der Waals surface area contributed by atoms with Gasteiger partial charge >= 0.3 is 0 Å². The van der Waals surface area contributed by atoms with E-state index >= 15 is 0 Å². The predicted octanol–water partition coefficient (Wildman–Crippen LogP) is 3.74. The number of hydrogen-bond acceptors (Lipinski definition) is 5. The Hall–Kier alpha value is -3.19. The van der Waals surface area contributed by atoms with Crippen LogP contribution in [0.1, 0.15) is 49.4 Å². The van der Waals surface area contributed by atoms with Crippen molar-refractivity contribution in [2.45, 2.75) is 45.1 Å². The summed E-state index contributed by atoms with van der Waals surface area (Å²) in [5.41, 5.74) is 1.25. The van der Waals surface area contributed by atoms with Crippen LogP contribution in [0.4, 0.5) is 5.69 Å². The van der Waals surface area contributed by atoms with E-state index in [1.807, 2.05) is 52.3 Å². The first kappa shape index (κ1) is 24.0. The molecular formula is C27H33N3O4. The van der Waals surface area contributed by atoms with E-state index in [-0.39, 0.29) is 24.1 Å². The van der Waals surface area contributed by atoms with E-state index in [9.17, 15) is 14.4 Å². The van der Waals surface area contributed by atoms with Gasteiger partial charge in [0.05, 0.1) is 24.8 Å². The Bertz CT molecular complexity index is 985. The fraction of sp³-hybridized carbons (Fsp3) is 0.444. The van der Waals surface area contributed by atoms with Gasteiger partial charge < -0.3 is 9.64 Å². The van der Waals surface area contributed by atoms with Crippen LogP contribution >= 0.6 is 0 Å². The first-order valence-corrected chi connectivity index (χ1v) is 12.3. The molecule has 0 aliphatic carbocycles. The van der Waals surface area contributed by atoms with Crippen molar-refractivity contribution in [1.29, 1.82) is 0 Å². The number of carbonyl (C=O) groups is 3. The molecule has 2 fully saturated rings. The van der Waals surface area contributed by atoms with Gasteiger partial charge in [0.25, 0.3) is 11.8 Å². The second kappa shape index (κ2) is 11.3. The van der Waals surface area contributed by atoms with Crippen molar-refractivity contribution in [3.63, 3.8) is 0 Å². The molecule has 7 heteroatoms. The largest absolute Gasteiger partial charge is 0.494 e. The third-order valence-corrected chi connectivity index (χ3v) is 6.55. The normalized spacial score (nSPS) is 19.0. The highest BCUT2D eigenvalue weighted by atomic mass is 16.5. The van der Waals surface area contributed by atoms with E-state index in [4.69, 9.17) is 4.74 Å². The van der Waals surface area contributed by atoms with E-state index in [1.165, 1.54) is 17.7 Å². The fourth-order valence-electron chi connectivity index (χ4n) is 4.58. The SMILES string of the molecule is CCCCCCOc1ccc(N2C(=O)C[C@@H](N3CCN(C(=O)c4ccccc4)CC3)C2=O)cc1. The van der Waals surface area contributed by atoms with Crippen LogP contribution in [0.3, 0.4) is 0 Å². The minimum absolute atomic E-state index is 0.00312. The lowest BCUT2D eigenvalue weighted by Gasteiger charge is -2.37. The Labute approximate surface area is 201 Å². The highest BCUT2D eigenvalue weighted by Crippen LogP contribution is 2.28. The fourth-order valence-corrected chi connectivity index (χ4v) is 4.58. The Morgan fingerprint density at radius 1 is 0.912 bits per heavy atom. The highest BCUT2D eigenvalue weighted by molar-refractivity contribution is 6.22. The molecule has 2 saturated heterocycles. The van der Waals surface area contributed by atoms with E-state index in [0.717, 1.165) is 18.6 Å². The summed E-state index contributed by atoms with van der Waals surface area (Å²) in [5.74, 6) is 0.366. The number of unbranched alkanes of at least 4 members (excludes halogenated alkanes) is 3. The molecule has 7 nitrogen and oxygen atoms in total. The van der Waals surface area contributed by atoms with Crippen molar-refractivity contribution in [2.75, 3.05) is 37.7 Å². The second-order valence-corrected chi connectivity index (χ2v) is 8.88. The van der Waals surface area contributed by atoms with Crippen LogP contribution in [-0.2, 0) is 9.59 Å². The second-order valence-electron chi connectivity index (χ2n) is 8.88. The van der Waals surface area contributed by atoms with Crippen molar-refractivity contribution in [2.24, 2.45) is 0 Å². The predicted molar refractivity (Wildman–Crippen MR) is 131 cm³/mol. The monoisotopic (exact) mass is 463 g/mol. The molecule has 0 bridgehead atoms. The molecule has 0 radical (unpaired) electrons. The molecular weight excluding hydrogens is 430 g/mol. The number of imide groups is 1. The Kier molecular flexibility index (Phi) is 7.95. The Morgan fingerprint density at radius 3 is 2.29 bits per heavy atom. The number of anilines is 1. The molecule has 0 unspecified atom stereocenters. The number of rotatable bonds is 9. The van der Waals surface area contributed by atoms with Crippen LogP contribution in [0.5, 0.6) is 5.75 Å². The molecule has 2 aromatic carbocycles. The van der Waals surface area contributed by atoms with Gasteiger partial charge in [0, 0.05) is 31.7 Å². The molecule has 3 amide bonds. The summed E-state index contributed by atoms with van der Waals surface area (Å²) in [6.07, 6.45) is 4.74. The van der Waals surface area contributed by atoms with Gasteiger partial charge in [0.15, 0.2) is 0 Å². The quantitative estimate of drug-likeness (QED) is 0.419. The van der Waals surface area contributed by atoms with E-state index < -0.39 is 6.04 Å². The molecule has 2 heterocycles. The van der Waals surface area contributed by atoms with Gasteiger partial charge in [-0.05, 0) is 42.8 Å². The maximum absolute atomic E-state index is 13.2. The zero-order chi connectivity index (χ0) is 23.9. The average molecular weight is 464 g/mol. The zero-order valence-electron chi connectivity index (χ0n) is 19.8. The van der Waals surface area contributed by atoms with Gasteiger partial charge in [-0.3, -0.25) is 19.3 Å². The van der Waals surface area contributed by atoms with Crippen LogP contribution in [0, 0.1) is 0 Å². The number of piperazine rings is 1. The first-order valence-electron chi connectivity index (χ1n) is 12.3. The summed E-state index contributed by atoms with van der Waals surface area (Å²) < 4.78 is 5.77.